The van der Waals surface area contributed by atoms with Crippen LogP contribution in [0.5, 0.6) is 0 Å². The Hall–Kier alpha value is -2.99. The van der Waals surface area contributed by atoms with Crippen molar-refractivity contribution in [3.8, 4) is 5.69 Å². The molecule has 3 aliphatic rings. The van der Waals surface area contributed by atoms with Gasteiger partial charge in [0, 0.05) is 51.0 Å². The first kappa shape index (κ1) is 31.0. The fraction of sp³-hybridized carbons (Fsp3) is 0.586. The summed E-state index contributed by atoms with van der Waals surface area (Å²) in [4.78, 5) is 47.6. The normalized spacial score (nSPS) is 24.0. The molecule has 1 saturated heterocycles. The average Bonchev–Trinajstić information content (AvgIpc) is 2.88. The summed E-state index contributed by atoms with van der Waals surface area (Å²) < 4.78 is 1.46. The van der Waals surface area contributed by atoms with Gasteiger partial charge in [0.1, 0.15) is 5.82 Å². The van der Waals surface area contributed by atoms with Gasteiger partial charge in [-0.15, -0.1) is 12.4 Å². The lowest BCUT2D eigenvalue weighted by Gasteiger charge is -2.59. The molecule has 41 heavy (non-hydrogen) atoms. The first-order valence-corrected chi connectivity index (χ1v) is 14.2. The molecular weight excluding hydrogens is 544 g/mol. The molecule has 1 aliphatic heterocycles. The highest BCUT2D eigenvalue weighted by molar-refractivity contribution is 5.89. The van der Waals surface area contributed by atoms with Crippen LogP contribution in [0.4, 0.5) is 10.6 Å². The minimum atomic E-state index is -0.945. The third kappa shape index (κ3) is 6.91. The van der Waals surface area contributed by atoms with Gasteiger partial charge in [0.2, 0.25) is 5.91 Å². The van der Waals surface area contributed by atoms with Gasteiger partial charge in [0.25, 0.3) is 0 Å². The second-order valence-corrected chi connectivity index (χ2v) is 12.5. The van der Waals surface area contributed by atoms with E-state index in [1.54, 1.807) is 35.9 Å². The minimum absolute atomic E-state index is 0. The molecule has 2 aromatic rings. The Morgan fingerprint density at radius 3 is 2.22 bits per heavy atom. The van der Waals surface area contributed by atoms with E-state index in [4.69, 9.17) is 11.5 Å². The Labute approximate surface area is 247 Å². The van der Waals surface area contributed by atoms with Crippen LogP contribution >= 0.6 is 12.4 Å². The molecule has 1 aromatic heterocycles. The Kier molecular flexibility index (Phi) is 9.13. The molecule has 12 heteroatoms. The van der Waals surface area contributed by atoms with E-state index in [0.717, 1.165) is 18.7 Å². The highest BCUT2D eigenvalue weighted by Crippen LogP contribution is 2.56. The maximum atomic E-state index is 12.7. The van der Waals surface area contributed by atoms with Crippen molar-refractivity contribution in [1.29, 1.82) is 0 Å². The quantitative estimate of drug-likeness (QED) is 0.449. The number of anilines is 1. The molecule has 0 atom stereocenters. The molecule has 2 saturated carbocycles. The number of nitrogens with two attached hydrogens (primary N) is 2. The summed E-state index contributed by atoms with van der Waals surface area (Å²) in [5.74, 6) is 0.0497. The molecule has 1 spiro atoms. The number of piperazine rings is 1. The number of carbonyl (C=O) groups excluding carboxylic acids is 2. The zero-order valence-electron chi connectivity index (χ0n) is 24.2. The van der Waals surface area contributed by atoms with Crippen LogP contribution in [0.15, 0.2) is 41.3 Å². The van der Waals surface area contributed by atoms with Crippen LogP contribution in [0.25, 0.3) is 5.69 Å². The number of urea groups is 1. The zero-order chi connectivity index (χ0) is 28.7. The predicted molar refractivity (Wildman–Crippen MR) is 162 cm³/mol. The molecule has 1 aromatic carbocycles. The van der Waals surface area contributed by atoms with E-state index >= 15 is 0 Å². The molecule has 2 aliphatic carbocycles. The van der Waals surface area contributed by atoms with Gasteiger partial charge in [-0.2, -0.15) is 4.98 Å². The van der Waals surface area contributed by atoms with Gasteiger partial charge in [-0.05, 0) is 82.2 Å². The van der Waals surface area contributed by atoms with Crippen LogP contribution in [0, 0.1) is 5.41 Å². The van der Waals surface area contributed by atoms with Crippen LogP contribution in [-0.4, -0.2) is 93.6 Å². The molecule has 3 amide bonds. The SMILES string of the molecule is CN(CCc1ccc(-n2ccc(NC(=O)N3CCN(C(=O)C(C)(C)N)CC3)nc2=O)cc1)C1CC2(CC(N)C2)C1.Cl. The van der Waals surface area contributed by atoms with Gasteiger partial charge in [0.15, 0.2) is 0 Å². The van der Waals surface area contributed by atoms with E-state index in [9.17, 15) is 14.4 Å². The second-order valence-electron chi connectivity index (χ2n) is 12.5. The highest BCUT2D eigenvalue weighted by Gasteiger charge is 2.52. The summed E-state index contributed by atoms with van der Waals surface area (Å²) in [7, 11) is 2.21. The number of nitrogens with zero attached hydrogens (tertiary/aromatic N) is 5. The van der Waals surface area contributed by atoms with Gasteiger partial charge in [-0.25, -0.2) is 9.59 Å². The molecule has 0 unspecified atom stereocenters. The fourth-order valence-electron chi connectivity index (χ4n) is 6.33. The molecule has 5 rings (SSSR count). The summed E-state index contributed by atoms with van der Waals surface area (Å²) in [6.45, 7) is 5.92. The van der Waals surface area contributed by atoms with E-state index in [0.29, 0.717) is 43.7 Å². The van der Waals surface area contributed by atoms with E-state index in [1.165, 1.54) is 35.8 Å². The standard InChI is InChI=1S/C29H42N8O3.ClH/c1-28(2,31)25(38)35-12-14-36(15-13-35)26(39)32-24-9-11-37(27(40)33-24)22-6-4-20(5-7-22)8-10-34(3)23-18-29(19-23)16-21(30)17-29;/h4-7,9,11,21,23H,8,10,12-19,30-31H2,1-3H3,(H,32,33,39,40);1H. The Balaban J connectivity index is 0.00000387. The summed E-state index contributed by atoms with van der Waals surface area (Å²) in [6, 6.07) is 10.3. The third-order valence-corrected chi connectivity index (χ3v) is 8.76. The van der Waals surface area contributed by atoms with Crippen LogP contribution in [-0.2, 0) is 11.2 Å². The Bertz CT molecular complexity index is 1290. The number of hydrogen-bond donors (Lipinski definition) is 3. The predicted octanol–water partition coefficient (Wildman–Crippen LogP) is 1.81. The number of hydrogen-bond acceptors (Lipinski definition) is 7. The zero-order valence-corrected chi connectivity index (χ0v) is 25.0. The lowest BCUT2D eigenvalue weighted by Crippen LogP contribution is -2.59. The van der Waals surface area contributed by atoms with E-state index in [1.807, 2.05) is 12.1 Å². The molecule has 3 fully saturated rings. The summed E-state index contributed by atoms with van der Waals surface area (Å²) in [5.41, 5.74) is 13.0. The second kappa shape index (κ2) is 12.1. The number of halogens is 1. The van der Waals surface area contributed by atoms with Crippen molar-refractivity contribution in [1.82, 2.24) is 24.3 Å². The lowest BCUT2D eigenvalue weighted by molar-refractivity contribution is -0.137. The maximum Gasteiger partial charge on any atom is 0.354 e. The van der Waals surface area contributed by atoms with Crippen molar-refractivity contribution < 1.29 is 9.59 Å². The van der Waals surface area contributed by atoms with Crippen molar-refractivity contribution in [3.63, 3.8) is 0 Å². The van der Waals surface area contributed by atoms with Crippen LogP contribution in [0.2, 0.25) is 0 Å². The maximum absolute atomic E-state index is 12.7. The van der Waals surface area contributed by atoms with E-state index < -0.39 is 11.2 Å². The minimum Gasteiger partial charge on any atom is -0.338 e. The lowest BCUT2D eigenvalue weighted by atomic mass is 9.52. The van der Waals surface area contributed by atoms with Gasteiger partial charge >= 0.3 is 11.7 Å². The number of benzene rings is 1. The number of carbonyl (C=O) groups is 2. The van der Waals surface area contributed by atoms with Gasteiger partial charge in [-0.1, -0.05) is 12.1 Å². The number of aromatic nitrogens is 2. The average molecular weight is 587 g/mol. The summed E-state index contributed by atoms with van der Waals surface area (Å²) in [6.07, 6.45) is 7.49. The molecule has 5 N–H and O–H groups in total. The number of likely N-dealkylation sites (N-methyl/N-ethyl adjacent to an activating group) is 1. The fourth-order valence-corrected chi connectivity index (χ4v) is 6.33. The highest BCUT2D eigenvalue weighted by atomic mass is 35.5. The van der Waals surface area contributed by atoms with Crippen LogP contribution in [0.3, 0.4) is 0 Å². The first-order valence-electron chi connectivity index (χ1n) is 14.2. The van der Waals surface area contributed by atoms with E-state index in [2.05, 4.69) is 34.4 Å². The largest absolute Gasteiger partial charge is 0.354 e. The summed E-state index contributed by atoms with van der Waals surface area (Å²) >= 11 is 0. The first-order chi connectivity index (χ1) is 18.9. The Morgan fingerprint density at radius 2 is 1.66 bits per heavy atom. The molecule has 0 bridgehead atoms. The smallest absolute Gasteiger partial charge is 0.338 e. The van der Waals surface area contributed by atoms with Crippen molar-refractivity contribution in [2.45, 2.75) is 63.6 Å². The van der Waals surface area contributed by atoms with Crippen molar-refractivity contribution in [3.05, 3.63) is 52.6 Å². The molecule has 2 heterocycles. The molecule has 0 radical (unpaired) electrons. The van der Waals surface area contributed by atoms with Crippen LogP contribution < -0.4 is 22.5 Å². The number of amides is 3. The van der Waals surface area contributed by atoms with Gasteiger partial charge < -0.3 is 26.2 Å². The molecular formula is C29H43ClN8O3. The van der Waals surface area contributed by atoms with Gasteiger partial charge in [0.05, 0.1) is 11.2 Å². The molecule has 224 valence electrons. The summed E-state index contributed by atoms with van der Waals surface area (Å²) in [5, 5.41) is 2.70. The Morgan fingerprint density at radius 1 is 1.05 bits per heavy atom. The monoisotopic (exact) mass is 586 g/mol. The molecule has 11 nitrogen and oxygen atoms in total. The number of nitrogens with one attached hydrogen (secondary N) is 1. The number of rotatable bonds is 7. The topological polar surface area (TPSA) is 143 Å². The van der Waals surface area contributed by atoms with Crippen molar-refractivity contribution >= 4 is 30.2 Å². The van der Waals surface area contributed by atoms with Gasteiger partial charge in [-0.3, -0.25) is 14.7 Å². The van der Waals surface area contributed by atoms with Crippen molar-refractivity contribution in [2.75, 3.05) is 45.1 Å². The van der Waals surface area contributed by atoms with Crippen LogP contribution in [0.1, 0.15) is 45.1 Å². The van der Waals surface area contributed by atoms with E-state index in [-0.39, 0.29) is 30.2 Å². The third-order valence-electron chi connectivity index (χ3n) is 8.76. The van der Waals surface area contributed by atoms with Crippen molar-refractivity contribution in [2.24, 2.45) is 16.9 Å².